The van der Waals surface area contributed by atoms with Crippen LogP contribution in [-0.2, 0) is 0 Å². The summed E-state index contributed by atoms with van der Waals surface area (Å²) in [7, 11) is 0. The molecule has 3 heteroatoms. The van der Waals surface area contributed by atoms with E-state index in [-0.39, 0.29) is 5.54 Å². The Hall–Kier alpha value is -0.570. The van der Waals surface area contributed by atoms with Crippen molar-refractivity contribution < 1.29 is 0 Å². The number of rotatable bonds is 6. The van der Waals surface area contributed by atoms with Gasteiger partial charge in [0.25, 0.3) is 0 Å². The van der Waals surface area contributed by atoms with Crippen LogP contribution in [0.5, 0.6) is 0 Å². The van der Waals surface area contributed by atoms with Crippen LogP contribution in [0.1, 0.15) is 41.5 Å². The van der Waals surface area contributed by atoms with Crippen molar-refractivity contribution in [2.75, 3.05) is 19.6 Å². The average molecular weight is 213 g/mol. The summed E-state index contributed by atoms with van der Waals surface area (Å²) in [5.41, 5.74) is 0.243. The smallest absolute Gasteiger partial charge is 0.0826 e. The summed E-state index contributed by atoms with van der Waals surface area (Å²) in [4.78, 5) is 6.62. The molecule has 0 aromatic carbocycles. The maximum absolute atomic E-state index is 4.15. The molecule has 0 aliphatic carbocycles. The molecular formula is C12H27N3. The third-order valence-electron chi connectivity index (χ3n) is 2.46. The molecule has 0 aliphatic heterocycles. The summed E-state index contributed by atoms with van der Waals surface area (Å²) < 4.78 is 0. The third kappa shape index (κ3) is 6.50. The standard InChI is InChI=1S/C12H27N3/c1-7-13-10-14-11(3)9-15(8-2)12(4,5)6/h10-11H,7-9H2,1-6H3,(H,13,14). The van der Waals surface area contributed by atoms with Crippen LogP contribution >= 0.6 is 0 Å². The first-order chi connectivity index (χ1) is 6.91. The molecule has 0 amide bonds. The van der Waals surface area contributed by atoms with Gasteiger partial charge in [0.15, 0.2) is 0 Å². The minimum absolute atomic E-state index is 0.243. The van der Waals surface area contributed by atoms with Crippen LogP contribution in [-0.4, -0.2) is 42.5 Å². The predicted molar refractivity (Wildman–Crippen MR) is 68.6 cm³/mol. The molecular weight excluding hydrogens is 186 g/mol. The van der Waals surface area contributed by atoms with E-state index in [1.165, 1.54) is 0 Å². The lowest BCUT2D eigenvalue weighted by Gasteiger charge is -2.36. The third-order valence-corrected chi connectivity index (χ3v) is 2.46. The maximum Gasteiger partial charge on any atom is 0.0826 e. The molecule has 0 radical (unpaired) electrons. The fraction of sp³-hybridized carbons (Fsp3) is 0.917. The lowest BCUT2D eigenvalue weighted by Crippen LogP contribution is -2.47. The lowest BCUT2D eigenvalue weighted by molar-refractivity contribution is 0.135. The second-order valence-electron chi connectivity index (χ2n) is 4.91. The van der Waals surface area contributed by atoms with Crippen LogP contribution in [0.4, 0.5) is 0 Å². The van der Waals surface area contributed by atoms with Crippen LogP contribution < -0.4 is 5.32 Å². The molecule has 0 bridgehead atoms. The van der Waals surface area contributed by atoms with Crippen molar-refractivity contribution in [3.8, 4) is 0 Å². The number of nitrogens with zero attached hydrogens (tertiary/aromatic N) is 2. The van der Waals surface area contributed by atoms with Crippen LogP contribution in [0.2, 0.25) is 0 Å². The van der Waals surface area contributed by atoms with Crippen LogP contribution in [0.25, 0.3) is 0 Å². The Bertz CT molecular complexity index is 182. The van der Waals surface area contributed by atoms with Gasteiger partial charge in [-0.15, -0.1) is 0 Å². The van der Waals surface area contributed by atoms with E-state index in [2.05, 4.69) is 49.8 Å². The number of hydrogen-bond donors (Lipinski definition) is 1. The average Bonchev–Trinajstić information content (AvgIpc) is 2.12. The Balaban J connectivity index is 4.02. The summed E-state index contributed by atoms with van der Waals surface area (Å²) in [5, 5.41) is 3.29. The van der Waals surface area contributed by atoms with Crippen LogP contribution in [0.3, 0.4) is 0 Å². The van der Waals surface area contributed by atoms with Crippen LogP contribution in [0, 0.1) is 0 Å². The highest BCUT2D eigenvalue weighted by molar-refractivity contribution is 5.54. The van der Waals surface area contributed by atoms with Crippen molar-refractivity contribution >= 4 is 6.34 Å². The van der Waals surface area contributed by atoms with Gasteiger partial charge < -0.3 is 5.32 Å². The Labute approximate surface area is 95.0 Å². The summed E-state index contributed by atoms with van der Waals surface area (Å²) in [5.74, 6) is 0. The van der Waals surface area contributed by atoms with Gasteiger partial charge in [-0.1, -0.05) is 6.92 Å². The summed E-state index contributed by atoms with van der Waals surface area (Å²) in [6, 6.07) is 0.444. The van der Waals surface area contributed by atoms with Crippen molar-refractivity contribution in [3.05, 3.63) is 0 Å². The molecule has 0 spiro atoms. The Kier molecular flexibility index (Phi) is 6.57. The molecule has 0 aliphatic rings. The van der Waals surface area contributed by atoms with Gasteiger partial charge in [0.1, 0.15) is 0 Å². The van der Waals surface area contributed by atoms with E-state index in [0.29, 0.717) is 6.04 Å². The number of likely N-dealkylation sites (N-methyl/N-ethyl adjacent to an activating group) is 1. The Morgan fingerprint density at radius 1 is 1.33 bits per heavy atom. The normalized spacial score (nSPS) is 14.9. The summed E-state index contributed by atoms with van der Waals surface area (Å²) in [6.45, 7) is 16.2. The predicted octanol–water partition coefficient (Wildman–Crippen LogP) is 2.13. The van der Waals surface area contributed by atoms with E-state index in [4.69, 9.17) is 0 Å². The monoisotopic (exact) mass is 213 g/mol. The molecule has 1 unspecified atom stereocenters. The molecule has 15 heavy (non-hydrogen) atoms. The minimum atomic E-state index is 0.243. The fourth-order valence-corrected chi connectivity index (χ4v) is 1.53. The Morgan fingerprint density at radius 2 is 1.93 bits per heavy atom. The Morgan fingerprint density at radius 3 is 2.33 bits per heavy atom. The van der Waals surface area contributed by atoms with E-state index in [0.717, 1.165) is 19.6 Å². The summed E-state index contributed by atoms with van der Waals surface area (Å²) in [6.07, 6.45) is 1.82. The van der Waals surface area contributed by atoms with E-state index in [1.54, 1.807) is 0 Å². The molecule has 0 aromatic rings. The second-order valence-corrected chi connectivity index (χ2v) is 4.91. The van der Waals surface area contributed by atoms with E-state index in [9.17, 15) is 0 Å². The first-order valence-corrected chi connectivity index (χ1v) is 5.91. The van der Waals surface area contributed by atoms with Gasteiger partial charge in [-0.2, -0.15) is 0 Å². The number of hydrogen-bond acceptors (Lipinski definition) is 2. The van der Waals surface area contributed by atoms with Crippen molar-refractivity contribution in [1.29, 1.82) is 0 Å². The van der Waals surface area contributed by atoms with Crippen molar-refractivity contribution in [3.63, 3.8) is 0 Å². The second kappa shape index (κ2) is 6.83. The van der Waals surface area contributed by atoms with Gasteiger partial charge in [0.2, 0.25) is 0 Å². The zero-order chi connectivity index (χ0) is 11.9. The molecule has 0 fully saturated rings. The van der Waals surface area contributed by atoms with E-state index in [1.807, 2.05) is 13.3 Å². The zero-order valence-corrected chi connectivity index (χ0v) is 11.2. The van der Waals surface area contributed by atoms with Gasteiger partial charge in [-0.3, -0.25) is 9.89 Å². The first-order valence-electron chi connectivity index (χ1n) is 5.91. The van der Waals surface area contributed by atoms with Gasteiger partial charge in [-0.25, -0.2) is 0 Å². The largest absolute Gasteiger partial charge is 0.373 e. The van der Waals surface area contributed by atoms with Gasteiger partial charge in [-0.05, 0) is 41.2 Å². The van der Waals surface area contributed by atoms with E-state index < -0.39 is 0 Å². The molecule has 90 valence electrons. The van der Waals surface area contributed by atoms with Crippen molar-refractivity contribution in [1.82, 2.24) is 10.2 Å². The molecule has 0 saturated heterocycles. The topological polar surface area (TPSA) is 27.6 Å². The molecule has 1 N–H and O–H groups in total. The van der Waals surface area contributed by atoms with Gasteiger partial charge in [0.05, 0.1) is 6.34 Å². The fourth-order valence-electron chi connectivity index (χ4n) is 1.53. The molecule has 0 rings (SSSR count). The molecule has 0 aromatic heterocycles. The van der Waals surface area contributed by atoms with E-state index >= 15 is 0 Å². The number of aliphatic imine (C=N–C) groups is 1. The summed E-state index contributed by atoms with van der Waals surface area (Å²) >= 11 is 0. The quantitative estimate of drug-likeness (QED) is 0.541. The van der Waals surface area contributed by atoms with Gasteiger partial charge in [0, 0.05) is 24.7 Å². The number of nitrogens with one attached hydrogen (secondary N) is 1. The van der Waals surface area contributed by atoms with Gasteiger partial charge >= 0.3 is 0 Å². The minimum Gasteiger partial charge on any atom is -0.373 e. The SMILES string of the molecule is CCN=CNC(C)CN(CC)C(C)(C)C. The molecule has 0 heterocycles. The molecule has 1 atom stereocenters. The molecule has 0 saturated carbocycles. The highest BCUT2D eigenvalue weighted by Crippen LogP contribution is 2.12. The maximum atomic E-state index is 4.15. The van der Waals surface area contributed by atoms with Crippen molar-refractivity contribution in [2.45, 2.75) is 53.1 Å². The van der Waals surface area contributed by atoms with Crippen molar-refractivity contribution in [2.24, 2.45) is 4.99 Å². The van der Waals surface area contributed by atoms with Crippen LogP contribution in [0.15, 0.2) is 4.99 Å². The first kappa shape index (κ1) is 14.4. The lowest BCUT2D eigenvalue weighted by atomic mass is 10.1. The highest BCUT2D eigenvalue weighted by atomic mass is 15.2. The molecule has 3 nitrogen and oxygen atoms in total. The zero-order valence-electron chi connectivity index (χ0n) is 11.2. The highest BCUT2D eigenvalue weighted by Gasteiger charge is 2.20.